The second-order valence-corrected chi connectivity index (χ2v) is 9.83. The van der Waals surface area contributed by atoms with Crippen LogP contribution in [-0.4, -0.2) is 59.3 Å². The van der Waals surface area contributed by atoms with Crippen LogP contribution in [0.3, 0.4) is 0 Å². The first-order valence-corrected chi connectivity index (χ1v) is 12.8. The van der Waals surface area contributed by atoms with Crippen LogP contribution in [0.25, 0.3) is 0 Å². The molecule has 3 rings (SSSR count). The summed E-state index contributed by atoms with van der Waals surface area (Å²) in [7, 11) is 8.23. The third kappa shape index (κ3) is 6.75. The summed E-state index contributed by atoms with van der Waals surface area (Å²) in [5.41, 5.74) is 2.63. The Labute approximate surface area is 228 Å². The van der Waals surface area contributed by atoms with Gasteiger partial charge in [0.15, 0.2) is 23.0 Å². The molecule has 2 aromatic carbocycles. The number of fused-ring (bicyclic) bond motifs is 1. The molecule has 0 spiro atoms. The van der Waals surface area contributed by atoms with Gasteiger partial charge in [0.1, 0.15) is 0 Å². The van der Waals surface area contributed by atoms with Crippen LogP contribution in [-0.2, 0) is 12.8 Å². The smallest absolute Gasteiger partial charge is 0.203 e. The minimum absolute atomic E-state index is 0. The molecule has 0 amide bonds. The van der Waals surface area contributed by atoms with Crippen LogP contribution in [0.2, 0.25) is 0 Å². The highest BCUT2D eigenvalue weighted by Crippen LogP contribution is 2.52. The monoisotopic (exact) mass is 537 g/mol. The van der Waals surface area contributed by atoms with E-state index < -0.39 is 5.60 Å². The second-order valence-electron chi connectivity index (χ2n) is 9.83. The summed E-state index contributed by atoms with van der Waals surface area (Å²) < 4.78 is 27.7. The summed E-state index contributed by atoms with van der Waals surface area (Å²) in [6.07, 6.45) is 4.04. The lowest BCUT2D eigenvalue weighted by Crippen LogP contribution is -2.45. The van der Waals surface area contributed by atoms with Crippen LogP contribution in [0.4, 0.5) is 0 Å². The summed E-state index contributed by atoms with van der Waals surface area (Å²) in [5.74, 6) is 3.70. The Morgan fingerprint density at radius 1 is 0.892 bits per heavy atom. The maximum Gasteiger partial charge on any atom is 0.203 e. The molecule has 0 aliphatic heterocycles. The molecular weight excluding hydrogens is 494 g/mol. The lowest BCUT2D eigenvalue weighted by molar-refractivity contribution is -0.0244. The zero-order chi connectivity index (χ0) is 26.3. The number of benzene rings is 2. The van der Waals surface area contributed by atoms with Crippen molar-refractivity contribution in [1.82, 2.24) is 5.32 Å². The van der Waals surface area contributed by atoms with Gasteiger partial charge in [0.05, 0.1) is 41.2 Å². The van der Waals surface area contributed by atoms with Crippen molar-refractivity contribution in [2.45, 2.75) is 57.5 Å². The molecule has 37 heavy (non-hydrogen) atoms. The van der Waals surface area contributed by atoms with Gasteiger partial charge in [-0.3, -0.25) is 0 Å². The lowest BCUT2D eigenvalue weighted by atomic mass is 9.65. The van der Waals surface area contributed by atoms with Gasteiger partial charge in [0, 0.05) is 11.5 Å². The highest BCUT2D eigenvalue weighted by atomic mass is 35.5. The average molecular weight is 538 g/mol. The van der Waals surface area contributed by atoms with Gasteiger partial charge >= 0.3 is 0 Å². The maximum atomic E-state index is 11.9. The molecule has 0 heterocycles. The fourth-order valence-electron chi connectivity index (χ4n) is 5.70. The Balaban J connectivity index is 0.00000481. The number of nitrogens with one attached hydrogen (secondary N) is 1. The van der Waals surface area contributed by atoms with E-state index in [0.717, 1.165) is 55.0 Å². The SMILES string of the molecule is COc1ccc(CCCNCCC2(O)CCc3c(cc(OC)c(OC)c3OC)C2C(C)C)cc1OC.Cl. The molecule has 0 bridgehead atoms. The van der Waals surface area contributed by atoms with Crippen LogP contribution in [0.15, 0.2) is 24.3 Å². The van der Waals surface area contributed by atoms with E-state index in [-0.39, 0.29) is 24.2 Å². The van der Waals surface area contributed by atoms with Crippen molar-refractivity contribution in [3.63, 3.8) is 0 Å². The van der Waals surface area contributed by atoms with Crippen molar-refractivity contribution in [2.24, 2.45) is 5.92 Å². The predicted molar refractivity (Wildman–Crippen MR) is 150 cm³/mol. The number of rotatable bonds is 13. The molecule has 2 aromatic rings. The van der Waals surface area contributed by atoms with Gasteiger partial charge in [-0.25, -0.2) is 0 Å². The molecule has 7 nitrogen and oxygen atoms in total. The van der Waals surface area contributed by atoms with E-state index in [1.165, 1.54) is 5.56 Å². The topological polar surface area (TPSA) is 78.4 Å². The summed E-state index contributed by atoms with van der Waals surface area (Å²) in [5, 5.41) is 15.4. The summed E-state index contributed by atoms with van der Waals surface area (Å²) in [6.45, 7) is 5.98. The number of ether oxygens (including phenoxy) is 5. The second kappa shape index (κ2) is 14.0. The Kier molecular flexibility index (Phi) is 11.7. The number of hydrogen-bond donors (Lipinski definition) is 2. The lowest BCUT2D eigenvalue weighted by Gasteiger charge is -2.44. The first kappa shape index (κ1) is 30.9. The van der Waals surface area contributed by atoms with Crippen molar-refractivity contribution in [3.8, 4) is 28.7 Å². The summed E-state index contributed by atoms with van der Waals surface area (Å²) >= 11 is 0. The molecule has 0 fully saturated rings. The van der Waals surface area contributed by atoms with Crippen molar-refractivity contribution >= 4 is 12.4 Å². The molecule has 1 aliphatic carbocycles. The van der Waals surface area contributed by atoms with Crippen LogP contribution in [0.5, 0.6) is 28.7 Å². The van der Waals surface area contributed by atoms with Gasteiger partial charge in [-0.1, -0.05) is 19.9 Å². The average Bonchev–Trinajstić information content (AvgIpc) is 2.88. The van der Waals surface area contributed by atoms with E-state index in [1.54, 1.807) is 35.5 Å². The van der Waals surface area contributed by atoms with E-state index in [1.807, 2.05) is 18.2 Å². The Morgan fingerprint density at radius 3 is 2.16 bits per heavy atom. The molecule has 8 heteroatoms. The third-order valence-electron chi connectivity index (χ3n) is 7.36. The fraction of sp³-hybridized carbons (Fsp3) is 0.586. The number of hydrogen-bond acceptors (Lipinski definition) is 7. The van der Waals surface area contributed by atoms with E-state index in [4.69, 9.17) is 23.7 Å². The quantitative estimate of drug-likeness (QED) is 0.341. The molecule has 2 N–H and O–H groups in total. The summed E-state index contributed by atoms with van der Waals surface area (Å²) in [6, 6.07) is 8.09. The van der Waals surface area contributed by atoms with Crippen LogP contribution in [0, 0.1) is 5.92 Å². The molecule has 0 aromatic heterocycles. The van der Waals surface area contributed by atoms with Gasteiger partial charge in [0.2, 0.25) is 5.75 Å². The normalized spacial score (nSPS) is 18.6. The van der Waals surface area contributed by atoms with E-state index >= 15 is 0 Å². The van der Waals surface area contributed by atoms with Gasteiger partial charge in [0.25, 0.3) is 0 Å². The molecule has 1 aliphatic rings. The number of halogens is 1. The number of aryl methyl sites for hydroxylation is 1. The first-order chi connectivity index (χ1) is 17.3. The fourth-order valence-corrected chi connectivity index (χ4v) is 5.70. The van der Waals surface area contributed by atoms with Gasteiger partial charge in [-0.15, -0.1) is 12.4 Å². The highest BCUT2D eigenvalue weighted by molar-refractivity contribution is 5.85. The summed E-state index contributed by atoms with van der Waals surface area (Å²) in [4.78, 5) is 0. The van der Waals surface area contributed by atoms with E-state index in [9.17, 15) is 5.11 Å². The predicted octanol–water partition coefficient (Wildman–Crippen LogP) is 5.18. The van der Waals surface area contributed by atoms with Gasteiger partial charge in [-0.05, 0) is 80.4 Å². The van der Waals surface area contributed by atoms with Crippen molar-refractivity contribution in [2.75, 3.05) is 48.6 Å². The maximum absolute atomic E-state index is 11.9. The molecule has 0 saturated carbocycles. The zero-order valence-electron chi connectivity index (χ0n) is 23.3. The Hall–Kier alpha value is -2.35. The third-order valence-corrected chi connectivity index (χ3v) is 7.36. The zero-order valence-corrected chi connectivity index (χ0v) is 24.1. The van der Waals surface area contributed by atoms with E-state index in [0.29, 0.717) is 30.1 Å². The standard InChI is InChI=1S/C29H43NO6.ClH/c1-19(2)26-22-18-25(34-5)28(36-7)27(35-6)21(22)12-13-29(26,31)14-16-30-15-8-9-20-10-11-23(32-3)24(17-20)33-4;/h10-11,17-19,26,30-31H,8-9,12-16H2,1-7H3;1H. The van der Waals surface area contributed by atoms with E-state index in [2.05, 4.69) is 25.2 Å². The van der Waals surface area contributed by atoms with Crippen LogP contribution in [0.1, 0.15) is 55.7 Å². The molecule has 2 atom stereocenters. The van der Waals surface area contributed by atoms with Crippen molar-refractivity contribution in [1.29, 1.82) is 0 Å². The van der Waals surface area contributed by atoms with Crippen LogP contribution >= 0.6 is 12.4 Å². The van der Waals surface area contributed by atoms with Crippen LogP contribution < -0.4 is 29.0 Å². The Bertz CT molecular complexity index is 1010. The molecule has 208 valence electrons. The molecule has 2 unspecified atom stereocenters. The van der Waals surface area contributed by atoms with Gasteiger partial charge in [-0.2, -0.15) is 0 Å². The Morgan fingerprint density at radius 2 is 1.57 bits per heavy atom. The minimum Gasteiger partial charge on any atom is -0.493 e. The van der Waals surface area contributed by atoms with Crippen molar-refractivity contribution in [3.05, 3.63) is 41.0 Å². The van der Waals surface area contributed by atoms with Crippen molar-refractivity contribution < 1.29 is 28.8 Å². The number of aliphatic hydroxyl groups is 1. The first-order valence-electron chi connectivity index (χ1n) is 12.8. The highest BCUT2D eigenvalue weighted by Gasteiger charge is 2.44. The molecule has 0 radical (unpaired) electrons. The molecular formula is C29H44ClNO6. The van der Waals surface area contributed by atoms with Gasteiger partial charge < -0.3 is 34.1 Å². The number of methoxy groups -OCH3 is 5. The largest absolute Gasteiger partial charge is 0.493 e. The molecule has 0 saturated heterocycles. The minimum atomic E-state index is -0.803.